The van der Waals surface area contributed by atoms with Crippen molar-refractivity contribution in [3.8, 4) is 0 Å². The van der Waals surface area contributed by atoms with E-state index in [0.29, 0.717) is 6.42 Å². The second-order valence-corrected chi connectivity index (χ2v) is 4.17. The van der Waals surface area contributed by atoms with Crippen LogP contribution in [0.1, 0.15) is 18.7 Å². The summed E-state index contributed by atoms with van der Waals surface area (Å²) in [5, 5.41) is 8.82. The van der Waals surface area contributed by atoms with Crippen molar-refractivity contribution < 1.29 is 4.79 Å². The number of hydrogen-bond acceptors (Lipinski definition) is 5. The van der Waals surface area contributed by atoms with Gasteiger partial charge in [0.1, 0.15) is 5.82 Å². The van der Waals surface area contributed by atoms with Crippen LogP contribution in [0.5, 0.6) is 0 Å². The summed E-state index contributed by atoms with van der Waals surface area (Å²) in [6.07, 6.45) is 1.22. The number of nitrogens with zero attached hydrogens (tertiary/aromatic N) is 3. The van der Waals surface area contributed by atoms with Crippen molar-refractivity contribution in [2.45, 2.75) is 24.9 Å². The number of nitrogens with two attached hydrogens (primary N) is 1. The molecule has 0 atom stereocenters. The second-order valence-electron chi connectivity index (χ2n) is 3.11. The van der Waals surface area contributed by atoms with Gasteiger partial charge in [0.15, 0.2) is 5.16 Å². The van der Waals surface area contributed by atoms with E-state index in [0.717, 1.165) is 23.2 Å². The Balaban J connectivity index is 2.26. The molecule has 15 heavy (non-hydrogen) atoms. The minimum atomic E-state index is -0.134. The Labute approximate surface area is 92.6 Å². The van der Waals surface area contributed by atoms with Crippen LogP contribution in [0.3, 0.4) is 0 Å². The Kier molecular flexibility index (Phi) is 4.57. The van der Waals surface area contributed by atoms with Gasteiger partial charge in [0, 0.05) is 19.2 Å². The van der Waals surface area contributed by atoms with Gasteiger partial charge in [-0.1, -0.05) is 11.8 Å². The monoisotopic (exact) mass is 229 g/mol. The predicted octanol–water partition coefficient (Wildman–Crippen LogP) is -0.0143. The Hall–Kier alpha value is -1.08. The lowest BCUT2D eigenvalue weighted by Gasteiger charge is -2.01. The van der Waals surface area contributed by atoms with E-state index in [1.807, 2.05) is 18.5 Å². The Bertz CT molecular complexity index is 338. The molecule has 1 rings (SSSR count). The highest BCUT2D eigenvalue weighted by Gasteiger charge is 2.05. The molecule has 1 aromatic rings. The molecular weight excluding hydrogens is 214 g/mol. The number of aryl methyl sites for hydroxylation is 1. The van der Waals surface area contributed by atoms with Crippen LogP contribution in [0, 0.1) is 6.92 Å². The van der Waals surface area contributed by atoms with Gasteiger partial charge in [-0.25, -0.2) is 5.84 Å². The van der Waals surface area contributed by atoms with E-state index in [-0.39, 0.29) is 5.91 Å². The van der Waals surface area contributed by atoms with Crippen LogP contribution in [-0.2, 0) is 11.8 Å². The van der Waals surface area contributed by atoms with Crippen LogP contribution in [0.15, 0.2) is 5.16 Å². The van der Waals surface area contributed by atoms with Crippen LogP contribution < -0.4 is 11.3 Å². The minimum absolute atomic E-state index is 0.134. The lowest BCUT2D eigenvalue weighted by molar-refractivity contribution is -0.121. The summed E-state index contributed by atoms with van der Waals surface area (Å²) in [6.45, 7) is 1.90. The zero-order chi connectivity index (χ0) is 11.3. The molecule has 0 aliphatic rings. The summed E-state index contributed by atoms with van der Waals surface area (Å²) in [6, 6.07) is 0. The fourth-order valence-electron chi connectivity index (χ4n) is 0.982. The van der Waals surface area contributed by atoms with Crippen molar-refractivity contribution in [2.24, 2.45) is 12.9 Å². The fourth-order valence-corrected chi connectivity index (χ4v) is 1.88. The summed E-state index contributed by atoms with van der Waals surface area (Å²) in [5.74, 6) is 6.54. The number of carbonyl (C=O) groups is 1. The number of carbonyl (C=O) groups excluding carboxylic acids is 1. The van der Waals surface area contributed by atoms with Crippen molar-refractivity contribution in [1.82, 2.24) is 20.2 Å². The van der Waals surface area contributed by atoms with Crippen molar-refractivity contribution >= 4 is 17.7 Å². The molecule has 0 fully saturated rings. The second kappa shape index (κ2) is 5.72. The number of amides is 1. The summed E-state index contributed by atoms with van der Waals surface area (Å²) in [5.41, 5.74) is 2.10. The zero-order valence-electron chi connectivity index (χ0n) is 8.86. The lowest BCUT2D eigenvalue weighted by Crippen LogP contribution is -2.29. The maximum absolute atomic E-state index is 10.8. The molecule has 0 unspecified atom stereocenters. The van der Waals surface area contributed by atoms with E-state index in [4.69, 9.17) is 5.84 Å². The number of nitrogens with one attached hydrogen (secondary N) is 1. The minimum Gasteiger partial charge on any atom is -0.309 e. The van der Waals surface area contributed by atoms with Crippen molar-refractivity contribution in [3.63, 3.8) is 0 Å². The van der Waals surface area contributed by atoms with E-state index in [1.54, 1.807) is 11.8 Å². The van der Waals surface area contributed by atoms with Gasteiger partial charge in [-0.3, -0.25) is 10.2 Å². The highest BCUT2D eigenvalue weighted by Crippen LogP contribution is 2.16. The first-order chi connectivity index (χ1) is 7.15. The van der Waals surface area contributed by atoms with E-state index >= 15 is 0 Å². The zero-order valence-corrected chi connectivity index (χ0v) is 9.67. The third-order valence-electron chi connectivity index (χ3n) is 1.99. The summed E-state index contributed by atoms with van der Waals surface area (Å²) in [4.78, 5) is 10.8. The Morgan fingerprint density at radius 3 is 2.87 bits per heavy atom. The number of aromatic nitrogens is 3. The average molecular weight is 229 g/mol. The fraction of sp³-hybridized carbons (Fsp3) is 0.625. The molecule has 0 spiro atoms. The third kappa shape index (κ3) is 3.52. The molecular formula is C8H15N5OS. The molecule has 84 valence electrons. The maximum Gasteiger partial charge on any atom is 0.233 e. The van der Waals surface area contributed by atoms with Crippen LogP contribution >= 0.6 is 11.8 Å². The molecule has 3 N–H and O–H groups in total. The summed E-state index contributed by atoms with van der Waals surface area (Å²) < 4.78 is 1.92. The van der Waals surface area contributed by atoms with Gasteiger partial charge >= 0.3 is 0 Å². The topological polar surface area (TPSA) is 85.8 Å². The summed E-state index contributed by atoms with van der Waals surface area (Å²) >= 11 is 1.59. The average Bonchev–Trinajstić information content (AvgIpc) is 2.55. The molecule has 0 bridgehead atoms. The van der Waals surface area contributed by atoms with Gasteiger partial charge in [0.05, 0.1) is 0 Å². The van der Waals surface area contributed by atoms with E-state index < -0.39 is 0 Å². The number of rotatable bonds is 5. The van der Waals surface area contributed by atoms with Crippen LogP contribution in [0.4, 0.5) is 0 Å². The Morgan fingerprint density at radius 2 is 2.33 bits per heavy atom. The molecule has 0 aromatic carbocycles. The maximum atomic E-state index is 10.8. The van der Waals surface area contributed by atoms with Gasteiger partial charge in [-0.05, 0) is 13.3 Å². The quantitative estimate of drug-likeness (QED) is 0.244. The summed E-state index contributed by atoms with van der Waals surface area (Å²) in [7, 11) is 1.92. The molecule has 7 heteroatoms. The molecule has 1 heterocycles. The van der Waals surface area contributed by atoms with Crippen LogP contribution in [-0.4, -0.2) is 26.4 Å². The first-order valence-electron chi connectivity index (χ1n) is 4.63. The van der Waals surface area contributed by atoms with Gasteiger partial charge < -0.3 is 4.57 Å². The molecule has 0 aliphatic carbocycles. The molecule has 6 nitrogen and oxygen atoms in total. The number of hydrogen-bond donors (Lipinski definition) is 2. The highest BCUT2D eigenvalue weighted by molar-refractivity contribution is 7.99. The standard InChI is InChI=1S/C8H15N5OS/c1-6-11-12-8(13(6)2)15-5-3-4-7(14)10-9/h3-5,9H2,1-2H3,(H,10,14). The smallest absolute Gasteiger partial charge is 0.233 e. The first-order valence-corrected chi connectivity index (χ1v) is 5.62. The van der Waals surface area contributed by atoms with Crippen LogP contribution in [0.2, 0.25) is 0 Å². The van der Waals surface area contributed by atoms with E-state index in [9.17, 15) is 4.79 Å². The highest BCUT2D eigenvalue weighted by atomic mass is 32.2. The molecule has 1 aromatic heterocycles. The van der Waals surface area contributed by atoms with Crippen LogP contribution in [0.25, 0.3) is 0 Å². The first kappa shape index (κ1) is 12.0. The normalized spacial score (nSPS) is 10.3. The number of thioether (sulfide) groups is 1. The van der Waals surface area contributed by atoms with Gasteiger partial charge in [0.25, 0.3) is 0 Å². The van der Waals surface area contributed by atoms with Crippen molar-refractivity contribution in [1.29, 1.82) is 0 Å². The third-order valence-corrected chi connectivity index (χ3v) is 3.10. The molecule has 0 aliphatic heterocycles. The van der Waals surface area contributed by atoms with Gasteiger partial charge in [-0.15, -0.1) is 10.2 Å². The van der Waals surface area contributed by atoms with E-state index in [1.165, 1.54) is 0 Å². The molecule has 1 amide bonds. The molecule has 0 radical (unpaired) electrons. The number of hydrazine groups is 1. The predicted molar refractivity (Wildman–Crippen MR) is 58.0 cm³/mol. The van der Waals surface area contributed by atoms with Gasteiger partial charge in [0.2, 0.25) is 5.91 Å². The van der Waals surface area contributed by atoms with Crippen molar-refractivity contribution in [3.05, 3.63) is 5.82 Å². The largest absolute Gasteiger partial charge is 0.309 e. The Morgan fingerprint density at radius 1 is 1.60 bits per heavy atom. The van der Waals surface area contributed by atoms with E-state index in [2.05, 4.69) is 15.6 Å². The SMILES string of the molecule is Cc1nnc(SCCCC(=O)NN)n1C. The molecule has 0 saturated carbocycles. The van der Waals surface area contributed by atoms with Gasteiger partial charge in [-0.2, -0.15) is 0 Å². The van der Waals surface area contributed by atoms with Crippen molar-refractivity contribution in [2.75, 3.05) is 5.75 Å². The lowest BCUT2D eigenvalue weighted by atomic mass is 10.3. The molecule has 0 saturated heterocycles.